The summed E-state index contributed by atoms with van der Waals surface area (Å²) in [6.07, 6.45) is 3.74. The van der Waals surface area contributed by atoms with E-state index in [0.717, 1.165) is 6.08 Å². The summed E-state index contributed by atoms with van der Waals surface area (Å²) in [7, 11) is 0. The molecule has 4 rings (SSSR count). The lowest BCUT2D eigenvalue weighted by molar-refractivity contribution is -0.160. The zero-order valence-electron chi connectivity index (χ0n) is 18.5. The maximum Gasteiger partial charge on any atom is 0.345 e. The van der Waals surface area contributed by atoms with Gasteiger partial charge in [-0.1, -0.05) is 18.2 Å². The van der Waals surface area contributed by atoms with Gasteiger partial charge in [0.1, 0.15) is 5.75 Å². The van der Waals surface area contributed by atoms with Crippen molar-refractivity contribution < 1.29 is 49.7 Å². The number of aliphatic carboxylic acids is 1. The van der Waals surface area contributed by atoms with Crippen molar-refractivity contribution in [1.82, 2.24) is 0 Å². The second-order valence-corrected chi connectivity index (χ2v) is 7.86. The molecule has 10 heteroatoms. The molecule has 3 aromatic rings. The van der Waals surface area contributed by atoms with Crippen LogP contribution in [0.2, 0.25) is 0 Å². The molecule has 0 aliphatic carbocycles. The molecule has 1 aliphatic rings. The molecule has 0 bridgehead atoms. The van der Waals surface area contributed by atoms with Gasteiger partial charge in [-0.3, -0.25) is 0 Å². The van der Waals surface area contributed by atoms with Crippen LogP contribution in [0, 0.1) is 0 Å². The molecule has 0 saturated heterocycles. The fourth-order valence-electron chi connectivity index (χ4n) is 3.53. The Balaban J connectivity index is 1.55. The maximum atomic E-state index is 12.4. The van der Waals surface area contributed by atoms with Gasteiger partial charge in [0.2, 0.25) is 6.10 Å². The molecule has 36 heavy (non-hydrogen) atoms. The predicted octanol–water partition coefficient (Wildman–Crippen LogP) is 3.74. The Labute approximate surface area is 203 Å². The maximum absolute atomic E-state index is 12.4. The minimum absolute atomic E-state index is 0.0427. The Morgan fingerprint density at radius 3 is 2.28 bits per heavy atom. The van der Waals surface area contributed by atoms with Gasteiger partial charge in [-0.15, -0.1) is 0 Å². The standard InChI is InChI=1S/C26H20O10/c27-17-6-1-13(9-19(17)29)10-23(26(33)34)35-24(32)8-4-14-3-7-18(28)25-16(14)5-2-15-11-20(30)21(31)12-22(15)36-25/h1-9,11-12,23,27-31H,10H2,(H,33,34)/t23-/m1/s1. The van der Waals surface area contributed by atoms with Crippen LogP contribution in [0.3, 0.4) is 0 Å². The van der Waals surface area contributed by atoms with Crippen LogP contribution in [-0.4, -0.2) is 48.7 Å². The molecule has 6 N–H and O–H groups in total. The fourth-order valence-corrected chi connectivity index (χ4v) is 3.53. The van der Waals surface area contributed by atoms with Gasteiger partial charge in [0.25, 0.3) is 0 Å². The first-order valence-corrected chi connectivity index (χ1v) is 10.5. The molecule has 0 saturated carbocycles. The molecular weight excluding hydrogens is 472 g/mol. The molecule has 0 radical (unpaired) electrons. The first-order valence-electron chi connectivity index (χ1n) is 10.5. The number of esters is 1. The summed E-state index contributed by atoms with van der Waals surface area (Å²) < 4.78 is 10.8. The number of phenols is 5. The van der Waals surface area contributed by atoms with Crippen LogP contribution in [-0.2, 0) is 20.7 Å². The van der Waals surface area contributed by atoms with E-state index in [9.17, 15) is 40.2 Å². The highest BCUT2D eigenvalue weighted by Crippen LogP contribution is 2.44. The molecule has 0 aromatic heterocycles. The first-order chi connectivity index (χ1) is 17.1. The quantitative estimate of drug-likeness (QED) is 0.132. The number of carbonyl (C=O) groups excluding carboxylic acids is 1. The SMILES string of the molecule is O=C(C=Cc1ccc(O)c2c1C=Cc1cc(O)c(O)cc1O2)O[C@H](Cc1ccc(O)c(O)c1)C(=O)O. The van der Waals surface area contributed by atoms with Crippen molar-refractivity contribution in [2.24, 2.45) is 0 Å². The lowest BCUT2D eigenvalue weighted by Crippen LogP contribution is -2.28. The van der Waals surface area contributed by atoms with Crippen LogP contribution in [0.15, 0.2) is 48.5 Å². The molecule has 0 amide bonds. The van der Waals surface area contributed by atoms with E-state index in [1.54, 1.807) is 12.2 Å². The fraction of sp³-hybridized carbons (Fsp3) is 0.0769. The molecule has 1 atom stereocenters. The van der Waals surface area contributed by atoms with E-state index in [2.05, 4.69) is 0 Å². The molecule has 0 fully saturated rings. The highest BCUT2D eigenvalue weighted by atomic mass is 16.6. The van der Waals surface area contributed by atoms with E-state index in [-0.39, 0.29) is 35.2 Å². The van der Waals surface area contributed by atoms with Crippen molar-refractivity contribution in [3.63, 3.8) is 0 Å². The summed E-state index contributed by atoms with van der Waals surface area (Å²) in [4.78, 5) is 24.0. The highest BCUT2D eigenvalue weighted by Gasteiger charge is 2.23. The van der Waals surface area contributed by atoms with E-state index >= 15 is 0 Å². The molecule has 0 unspecified atom stereocenters. The largest absolute Gasteiger partial charge is 0.504 e. The van der Waals surface area contributed by atoms with E-state index in [1.165, 1.54) is 48.5 Å². The number of carboxylic acid groups (broad SMARTS) is 1. The average molecular weight is 492 g/mol. The first kappa shape index (κ1) is 24.0. The smallest absolute Gasteiger partial charge is 0.345 e. The zero-order chi connectivity index (χ0) is 26.0. The van der Waals surface area contributed by atoms with Crippen LogP contribution >= 0.6 is 0 Å². The third-order valence-corrected chi connectivity index (χ3v) is 5.35. The normalized spacial score (nSPS) is 12.8. The third-order valence-electron chi connectivity index (χ3n) is 5.35. The number of phenolic OH excluding ortho intramolecular Hbond substituents is 5. The second-order valence-electron chi connectivity index (χ2n) is 7.86. The number of ether oxygens (including phenoxy) is 2. The summed E-state index contributed by atoms with van der Waals surface area (Å²) in [5.74, 6) is -3.89. The number of aromatic hydroxyl groups is 5. The van der Waals surface area contributed by atoms with Gasteiger partial charge >= 0.3 is 11.9 Å². The Morgan fingerprint density at radius 2 is 1.56 bits per heavy atom. The lowest BCUT2D eigenvalue weighted by atomic mass is 10.0. The van der Waals surface area contributed by atoms with Gasteiger partial charge in [-0.2, -0.15) is 0 Å². The van der Waals surface area contributed by atoms with Crippen molar-refractivity contribution >= 4 is 30.2 Å². The Morgan fingerprint density at radius 1 is 0.861 bits per heavy atom. The van der Waals surface area contributed by atoms with Gasteiger partial charge in [0, 0.05) is 29.7 Å². The van der Waals surface area contributed by atoms with Crippen molar-refractivity contribution in [2.75, 3.05) is 0 Å². The summed E-state index contributed by atoms with van der Waals surface area (Å²) >= 11 is 0. The van der Waals surface area contributed by atoms with Crippen molar-refractivity contribution in [3.05, 3.63) is 70.8 Å². The van der Waals surface area contributed by atoms with Crippen LogP contribution in [0.4, 0.5) is 0 Å². The highest BCUT2D eigenvalue weighted by molar-refractivity contribution is 5.91. The number of carbonyl (C=O) groups is 2. The topological polar surface area (TPSA) is 174 Å². The summed E-state index contributed by atoms with van der Waals surface area (Å²) in [6.45, 7) is 0. The number of benzene rings is 3. The van der Waals surface area contributed by atoms with E-state index < -0.39 is 29.5 Å². The molecule has 3 aromatic carbocycles. The molecule has 10 nitrogen and oxygen atoms in total. The van der Waals surface area contributed by atoms with Gasteiger partial charge in [-0.05, 0) is 47.5 Å². The number of rotatable bonds is 6. The number of fused-ring (bicyclic) bond motifs is 2. The van der Waals surface area contributed by atoms with Crippen LogP contribution in [0.25, 0.3) is 18.2 Å². The lowest BCUT2D eigenvalue weighted by Gasteiger charge is -2.14. The number of carboxylic acids is 1. The van der Waals surface area contributed by atoms with Crippen LogP contribution < -0.4 is 4.74 Å². The Hall–Kier alpha value is -5.12. The minimum Gasteiger partial charge on any atom is -0.504 e. The monoisotopic (exact) mass is 492 g/mol. The molecule has 1 aliphatic heterocycles. The van der Waals surface area contributed by atoms with Crippen LogP contribution in [0.1, 0.15) is 22.3 Å². The molecule has 184 valence electrons. The second kappa shape index (κ2) is 9.63. The minimum atomic E-state index is -1.55. The van der Waals surface area contributed by atoms with Crippen LogP contribution in [0.5, 0.6) is 40.2 Å². The van der Waals surface area contributed by atoms with E-state index in [0.29, 0.717) is 22.3 Å². The van der Waals surface area contributed by atoms with E-state index in [4.69, 9.17) is 9.47 Å². The summed E-state index contributed by atoms with van der Waals surface area (Å²) in [6, 6.07) is 9.08. The number of hydrogen-bond acceptors (Lipinski definition) is 9. The molecular formula is C26H20O10. The molecule has 0 spiro atoms. The number of hydrogen-bond donors (Lipinski definition) is 6. The van der Waals surface area contributed by atoms with Crippen molar-refractivity contribution in [3.8, 4) is 40.2 Å². The Kier molecular flexibility index (Phi) is 6.42. The van der Waals surface area contributed by atoms with Crippen molar-refractivity contribution in [1.29, 1.82) is 0 Å². The van der Waals surface area contributed by atoms with Gasteiger partial charge in [-0.25, -0.2) is 9.59 Å². The third kappa shape index (κ3) is 5.02. The Bertz CT molecular complexity index is 1420. The predicted molar refractivity (Wildman–Crippen MR) is 127 cm³/mol. The summed E-state index contributed by atoms with van der Waals surface area (Å²) in [5, 5.41) is 58.2. The average Bonchev–Trinajstić information content (AvgIpc) is 3.01. The summed E-state index contributed by atoms with van der Waals surface area (Å²) in [5.41, 5.74) is 1.56. The molecule has 1 heterocycles. The van der Waals surface area contributed by atoms with Crippen molar-refractivity contribution in [2.45, 2.75) is 12.5 Å². The van der Waals surface area contributed by atoms with Gasteiger partial charge in [0.15, 0.2) is 34.5 Å². The van der Waals surface area contributed by atoms with Gasteiger partial charge in [0.05, 0.1) is 0 Å². The van der Waals surface area contributed by atoms with Gasteiger partial charge < -0.3 is 40.1 Å². The van der Waals surface area contributed by atoms with E-state index in [1.807, 2.05) is 0 Å². The zero-order valence-corrected chi connectivity index (χ0v) is 18.5.